The molecule has 0 saturated heterocycles. The van der Waals surface area contributed by atoms with E-state index in [0.29, 0.717) is 18.1 Å². The predicted molar refractivity (Wildman–Crippen MR) is 109 cm³/mol. The van der Waals surface area contributed by atoms with Crippen molar-refractivity contribution in [2.45, 2.75) is 25.7 Å². The zero-order valence-electron chi connectivity index (χ0n) is 16.7. The van der Waals surface area contributed by atoms with Crippen LogP contribution in [0.1, 0.15) is 29.8 Å². The molecule has 162 valence electrons. The van der Waals surface area contributed by atoms with Crippen LogP contribution in [0.4, 0.5) is 13.2 Å². The lowest BCUT2D eigenvalue weighted by Gasteiger charge is -2.15. The lowest BCUT2D eigenvalue weighted by molar-refractivity contribution is -0.137. The molecule has 0 fully saturated rings. The second kappa shape index (κ2) is 9.97. The second-order valence-electron chi connectivity index (χ2n) is 6.79. The molecule has 2 aromatic carbocycles. The first-order valence-corrected chi connectivity index (χ1v) is 9.53. The van der Waals surface area contributed by atoms with Gasteiger partial charge in [-0.15, -0.1) is 0 Å². The summed E-state index contributed by atoms with van der Waals surface area (Å²) in [5.74, 6) is 0.365. The number of hydrogen-bond acceptors (Lipinski definition) is 4. The smallest absolute Gasteiger partial charge is 0.416 e. The Kier molecular flexibility index (Phi) is 7.12. The Balaban J connectivity index is 1.45. The van der Waals surface area contributed by atoms with E-state index in [1.165, 1.54) is 12.1 Å². The van der Waals surface area contributed by atoms with Crippen LogP contribution in [0.2, 0.25) is 0 Å². The minimum atomic E-state index is -4.42. The van der Waals surface area contributed by atoms with Crippen LogP contribution in [0.5, 0.6) is 11.5 Å². The third-order valence-electron chi connectivity index (χ3n) is 4.38. The van der Waals surface area contributed by atoms with Gasteiger partial charge in [0.15, 0.2) is 6.61 Å². The van der Waals surface area contributed by atoms with Gasteiger partial charge in [-0.3, -0.25) is 9.78 Å². The van der Waals surface area contributed by atoms with Crippen molar-refractivity contribution in [3.8, 4) is 11.5 Å². The van der Waals surface area contributed by atoms with Crippen molar-refractivity contribution in [1.82, 2.24) is 10.3 Å². The van der Waals surface area contributed by atoms with Crippen molar-refractivity contribution >= 4 is 5.91 Å². The fourth-order valence-electron chi connectivity index (χ4n) is 2.72. The third kappa shape index (κ3) is 6.74. The monoisotopic (exact) mass is 430 g/mol. The van der Waals surface area contributed by atoms with E-state index in [4.69, 9.17) is 9.47 Å². The van der Waals surface area contributed by atoms with Gasteiger partial charge in [0.05, 0.1) is 23.5 Å². The summed E-state index contributed by atoms with van der Waals surface area (Å²) >= 11 is 0. The number of rotatable bonds is 8. The fourth-order valence-corrected chi connectivity index (χ4v) is 2.72. The molecule has 1 aromatic heterocycles. The van der Waals surface area contributed by atoms with Crippen molar-refractivity contribution in [3.05, 3.63) is 89.7 Å². The SMILES string of the molecule is C[C@@H](NC(=O)COc1ccc(C(F)(F)F)cc1)c1ccc(OCc2ccccc2)cn1. The minimum absolute atomic E-state index is 0.175. The van der Waals surface area contributed by atoms with Gasteiger partial charge >= 0.3 is 6.18 Å². The van der Waals surface area contributed by atoms with Crippen LogP contribution in [-0.4, -0.2) is 17.5 Å². The van der Waals surface area contributed by atoms with Crippen LogP contribution >= 0.6 is 0 Å². The average Bonchev–Trinajstić information content (AvgIpc) is 2.77. The molecule has 1 amide bonds. The molecule has 8 heteroatoms. The van der Waals surface area contributed by atoms with Gasteiger partial charge in [-0.25, -0.2) is 0 Å². The van der Waals surface area contributed by atoms with E-state index in [9.17, 15) is 18.0 Å². The molecule has 0 bridgehead atoms. The van der Waals surface area contributed by atoms with Crippen molar-refractivity contribution in [1.29, 1.82) is 0 Å². The van der Waals surface area contributed by atoms with Gasteiger partial charge in [0.1, 0.15) is 18.1 Å². The molecule has 0 aliphatic carbocycles. The lowest BCUT2D eigenvalue weighted by atomic mass is 10.2. The molecule has 0 unspecified atom stereocenters. The molecule has 1 N–H and O–H groups in total. The first-order chi connectivity index (χ1) is 14.8. The van der Waals surface area contributed by atoms with Crippen LogP contribution in [0.15, 0.2) is 72.9 Å². The number of halogens is 3. The molecule has 0 aliphatic heterocycles. The fraction of sp³-hybridized carbons (Fsp3) is 0.217. The molecule has 1 atom stereocenters. The number of ether oxygens (including phenoxy) is 2. The van der Waals surface area contributed by atoms with E-state index in [1.54, 1.807) is 25.3 Å². The topological polar surface area (TPSA) is 60.5 Å². The number of hydrogen-bond donors (Lipinski definition) is 1. The summed E-state index contributed by atoms with van der Waals surface area (Å²) in [5, 5.41) is 2.73. The number of amides is 1. The van der Waals surface area contributed by atoms with Crippen LogP contribution in [0, 0.1) is 0 Å². The number of carbonyl (C=O) groups excluding carboxylic acids is 1. The zero-order chi connectivity index (χ0) is 22.3. The van der Waals surface area contributed by atoms with Gasteiger partial charge in [0.2, 0.25) is 0 Å². The molecule has 5 nitrogen and oxygen atoms in total. The summed E-state index contributed by atoms with van der Waals surface area (Å²) in [6, 6.07) is 17.0. The van der Waals surface area contributed by atoms with Crippen molar-refractivity contribution in [3.63, 3.8) is 0 Å². The van der Waals surface area contributed by atoms with Gasteiger partial charge in [0.25, 0.3) is 5.91 Å². The quantitative estimate of drug-likeness (QED) is 0.550. The Morgan fingerprint density at radius 2 is 1.65 bits per heavy atom. The second-order valence-corrected chi connectivity index (χ2v) is 6.79. The lowest BCUT2D eigenvalue weighted by Crippen LogP contribution is -2.31. The number of aromatic nitrogens is 1. The molecular formula is C23H21F3N2O3. The van der Waals surface area contributed by atoms with E-state index >= 15 is 0 Å². The maximum atomic E-state index is 12.6. The predicted octanol–water partition coefficient (Wildman–Crippen LogP) is 4.94. The van der Waals surface area contributed by atoms with Crippen LogP contribution < -0.4 is 14.8 Å². The number of benzene rings is 2. The number of nitrogens with zero attached hydrogens (tertiary/aromatic N) is 1. The molecule has 0 aliphatic rings. The molecule has 0 saturated carbocycles. The Hall–Kier alpha value is -3.55. The van der Waals surface area contributed by atoms with Gasteiger partial charge in [0, 0.05) is 0 Å². The molecule has 3 aromatic rings. The Labute approximate surface area is 177 Å². The van der Waals surface area contributed by atoms with Gasteiger partial charge in [-0.1, -0.05) is 30.3 Å². The highest BCUT2D eigenvalue weighted by Crippen LogP contribution is 2.30. The molecule has 1 heterocycles. The summed E-state index contributed by atoms with van der Waals surface area (Å²) < 4.78 is 48.6. The summed E-state index contributed by atoms with van der Waals surface area (Å²) in [7, 11) is 0. The number of carbonyl (C=O) groups is 1. The van der Waals surface area contributed by atoms with E-state index < -0.39 is 17.6 Å². The third-order valence-corrected chi connectivity index (χ3v) is 4.38. The van der Waals surface area contributed by atoms with Crippen LogP contribution in [-0.2, 0) is 17.6 Å². The van der Waals surface area contributed by atoms with Crippen molar-refractivity contribution < 1.29 is 27.4 Å². The average molecular weight is 430 g/mol. The van der Waals surface area contributed by atoms with Gasteiger partial charge < -0.3 is 14.8 Å². The summed E-state index contributed by atoms with van der Waals surface area (Å²) in [6.07, 6.45) is -2.83. The van der Waals surface area contributed by atoms with Crippen molar-refractivity contribution in [2.75, 3.05) is 6.61 Å². The summed E-state index contributed by atoms with van der Waals surface area (Å²) in [6.45, 7) is 1.87. The summed E-state index contributed by atoms with van der Waals surface area (Å²) in [4.78, 5) is 16.4. The van der Waals surface area contributed by atoms with E-state index in [0.717, 1.165) is 17.7 Å². The maximum absolute atomic E-state index is 12.6. The van der Waals surface area contributed by atoms with Gasteiger partial charge in [-0.2, -0.15) is 13.2 Å². The number of pyridine rings is 1. The molecule has 0 spiro atoms. The Morgan fingerprint density at radius 1 is 0.968 bits per heavy atom. The minimum Gasteiger partial charge on any atom is -0.487 e. The van der Waals surface area contributed by atoms with Gasteiger partial charge in [-0.05, 0) is 48.9 Å². The molecular weight excluding hydrogens is 409 g/mol. The standard InChI is InChI=1S/C23H21F3N2O3/c1-16(21-12-11-20(13-27-21)30-14-17-5-3-2-4-6-17)28-22(29)15-31-19-9-7-18(8-10-19)23(24,25)26/h2-13,16H,14-15H2,1H3,(H,28,29)/t16-/m1/s1. The normalized spacial score (nSPS) is 12.1. The Bertz CT molecular complexity index is 976. The molecule has 0 radical (unpaired) electrons. The highest BCUT2D eigenvalue weighted by molar-refractivity contribution is 5.77. The van der Waals surface area contributed by atoms with Crippen LogP contribution in [0.25, 0.3) is 0 Å². The van der Waals surface area contributed by atoms with Crippen molar-refractivity contribution in [2.24, 2.45) is 0 Å². The van der Waals surface area contributed by atoms with E-state index in [1.807, 2.05) is 30.3 Å². The van der Waals surface area contributed by atoms with E-state index in [-0.39, 0.29) is 18.4 Å². The molecule has 31 heavy (non-hydrogen) atoms. The Morgan fingerprint density at radius 3 is 2.26 bits per heavy atom. The first kappa shape index (κ1) is 22.1. The summed E-state index contributed by atoms with van der Waals surface area (Å²) in [5.41, 5.74) is 0.899. The highest BCUT2D eigenvalue weighted by atomic mass is 19.4. The molecule has 3 rings (SSSR count). The first-order valence-electron chi connectivity index (χ1n) is 9.53. The largest absolute Gasteiger partial charge is 0.487 e. The number of alkyl halides is 3. The maximum Gasteiger partial charge on any atom is 0.416 e. The van der Waals surface area contributed by atoms with E-state index in [2.05, 4.69) is 10.3 Å². The highest BCUT2D eigenvalue weighted by Gasteiger charge is 2.30. The number of nitrogens with one attached hydrogen (secondary N) is 1. The zero-order valence-corrected chi connectivity index (χ0v) is 16.7. The van der Waals surface area contributed by atoms with Crippen LogP contribution in [0.3, 0.4) is 0 Å².